The Morgan fingerprint density at radius 3 is 2.33 bits per heavy atom. The quantitative estimate of drug-likeness (QED) is 0.687. The molecule has 1 aromatic rings. The standard InChI is InChI=1S/C11H15NO3/c1-5-4-6(2)10(13)7(3)8(5)9(12)11(14)15/h4,9,13H,12H2,1-3H3,(H,14,15). The van der Waals surface area contributed by atoms with Crippen LogP contribution in [0.25, 0.3) is 0 Å². The van der Waals surface area contributed by atoms with E-state index in [1.807, 2.05) is 0 Å². The number of carboxylic acids is 1. The number of phenols is 1. The van der Waals surface area contributed by atoms with Crippen molar-refractivity contribution in [2.24, 2.45) is 5.73 Å². The van der Waals surface area contributed by atoms with E-state index < -0.39 is 12.0 Å². The summed E-state index contributed by atoms with van der Waals surface area (Å²) in [5.74, 6) is -0.975. The number of rotatable bonds is 2. The topological polar surface area (TPSA) is 83.6 Å². The SMILES string of the molecule is Cc1cc(C)c(C(N)C(=O)O)c(C)c1O. The highest BCUT2D eigenvalue weighted by molar-refractivity contribution is 5.77. The molecule has 0 spiro atoms. The molecule has 0 amide bonds. The molecule has 0 fully saturated rings. The summed E-state index contributed by atoms with van der Waals surface area (Å²) in [6, 6.07) is 0.650. The highest BCUT2D eigenvalue weighted by Crippen LogP contribution is 2.30. The van der Waals surface area contributed by atoms with E-state index in [-0.39, 0.29) is 5.75 Å². The molecule has 0 aromatic heterocycles. The Labute approximate surface area is 88.3 Å². The smallest absolute Gasteiger partial charge is 0.325 e. The predicted molar refractivity (Wildman–Crippen MR) is 56.9 cm³/mol. The zero-order valence-corrected chi connectivity index (χ0v) is 9.03. The van der Waals surface area contributed by atoms with E-state index in [0.717, 1.165) is 11.1 Å². The van der Waals surface area contributed by atoms with Gasteiger partial charge in [-0.2, -0.15) is 0 Å². The average molecular weight is 209 g/mol. The summed E-state index contributed by atoms with van der Waals surface area (Å²) in [6.07, 6.45) is 0. The minimum atomic E-state index is -1.09. The summed E-state index contributed by atoms with van der Waals surface area (Å²) in [6.45, 7) is 5.23. The number of phenolic OH excluding ortho intramolecular Hbond substituents is 1. The summed E-state index contributed by atoms with van der Waals surface area (Å²) in [7, 11) is 0. The zero-order valence-electron chi connectivity index (χ0n) is 9.03. The Bertz CT molecular complexity index is 413. The summed E-state index contributed by atoms with van der Waals surface area (Å²) in [5, 5.41) is 18.5. The number of carboxylic acid groups (broad SMARTS) is 1. The molecule has 82 valence electrons. The van der Waals surface area contributed by atoms with Crippen LogP contribution in [0.3, 0.4) is 0 Å². The monoisotopic (exact) mass is 209 g/mol. The maximum absolute atomic E-state index is 10.8. The maximum Gasteiger partial charge on any atom is 0.325 e. The number of aromatic hydroxyl groups is 1. The molecule has 1 aromatic carbocycles. The van der Waals surface area contributed by atoms with E-state index >= 15 is 0 Å². The molecule has 0 heterocycles. The molecule has 0 bridgehead atoms. The van der Waals surface area contributed by atoms with Gasteiger partial charge in [-0.1, -0.05) is 6.07 Å². The molecule has 0 aliphatic carbocycles. The van der Waals surface area contributed by atoms with Crippen molar-refractivity contribution < 1.29 is 15.0 Å². The lowest BCUT2D eigenvalue weighted by Crippen LogP contribution is -2.22. The van der Waals surface area contributed by atoms with E-state index in [1.165, 1.54) is 0 Å². The van der Waals surface area contributed by atoms with E-state index in [0.29, 0.717) is 11.1 Å². The number of hydrogen-bond donors (Lipinski definition) is 3. The first-order valence-corrected chi connectivity index (χ1v) is 4.64. The van der Waals surface area contributed by atoms with Crippen LogP contribution in [0, 0.1) is 20.8 Å². The van der Waals surface area contributed by atoms with Gasteiger partial charge in [0.25, 0.3) is 0 Å². The van der Waals surface area contributed by atoms with Gasteiger partial charge in [-0.3, -0.25) is 4.79 Å². The predicted octanol–water partition coefficient (Wildman–Crippen LogP) is 1.40. The van der Waals surface area contributed by atoms with Crippen molar-refractivity contribution >= 4 is 5.97 Å². The van der Waals surface area contributed by atoms with Gasteiger partial charge in [0, 0.05) is 0 Å². The molecule has 0 saturated heterocycles. The van der Waals surface area contributed by atoms with Crippen LogP contribution in [0.1, 0.15) is 28.3 Å². The number of aryl methyl sites for hydroxylation is 2. The number of carbonyl (C=O) groups is 1. The lowest BCUT2D eigenvalue weighted by molar-refractivity contribution is -0.138. The van der Waals surface area contributed by atoms with Crippen molar-refractivity contribution in [2.45, 2.75) is 26.8 Å². The number of nitrogens with two attached hydrogens (primary N) is 1. The lowest BCUT2D eigenvalue weighted by atomic mass is 9.93. The minimum Gasteiger partial charge on any atom is -0.507 e. The van der Waals surface area contributed by atoms with E-state index in [9.17, 15) is 9.90 Å². The molecule has 0 radical (unpaired) electrons. The molecule has 1 unspecified atom stereocenters. The van der Waals surface area contributed by atoms with Gasteiger partial charge in [-0.05, 0) is 43.0 Å². The molecular weight excluding hydrogens is 194 g/mol. The van der Waals surface area contributed by atoms with Gasteiger partial charge in [0.15, 0.2) is 0 Å². The second kappa shape index (κ2) is 3.90. The number of hydrogen-bond acceptors (Lipinski definition) is 3. The first kappa shape index (κ1) is 11.5. The fraction of sp³-hybridized carbons (Fsp3) is 0.364. The molecule has 0 aliphatic heterocycles. The highest BCUT2D eigenvalue weighted by Gasteiger charge is 2.21. The van der Waals surface area contributed by atoms with Crippen LogP contribution in [0.2, 0.25) is 0 Å². The second-order valence-electron chi connectivity index (χ2n) is 3.71. The summed E-state index contributed by atoms with van der Waals surface area (Å²) in [4.78, 5) is 10.8. The van der Waals surface area contributed by atoms with Gasteiger partial charge in [-0.25, -0.2) is 0 Å². The van der Waals surface area contributed by atoms with Crippen molar-refractivity contribution in [1.29, 1.82) is 0 Å². The van der Waals surface area contributed by atoms with E-state index in [4.69, 9.17) is 10.8 Å². The van der Waals surface area contributed by atoms with E-state index in [2.05, 4.69) is 0 Å². The Morgan fingerprint density at radius 1 is 1.33 bits per heavy atom. The molecule has 4 N–H and O–H groups in total. The van der Waals surface area contributed by atoms with Gasteiger partial charge in [0.2, 0.25) is 0 Å². The Hall–Kier alpha value is -1.55. The summed E-state index contributed by atoms with van der Waals surface area (Å²) < 4.78 is 0. The number of aliphatic carboxylic acids is 1. The fourth-order valence-electron chi connectivity index (χ4n) is 1.79. The van der Waals surface area contributed by atoms with Crippen molar-refractivity contribution in [3.63, 3.8) is 0 Å². The molecular formula is C11H15NO3. The van der Waals surface area contributed by atoms with Gasteiger partial charge >= 0.3 is 5.97 Å². The van der Waals surface area contributed by atoms with Gasteiger partial charge in [0.1, 0.15) is 11.8 Å². The van der Waals surface area contributed by atoms with Gasteiger partial charge in [0.05, 0.1) is 0 Å². The fourth-order valence-corrected chi connectivity index (χ4v) is 1.79. The van der Waals surface area contributed by atoms with Crippen LogP contribution in [-0.4, -0.2) is 16.2 Å². The molecule has 1 atom stereocenters. The minimum absolute atomic E-state index is 0.118. The van der Waals surface area contributed by atoms with Crippen LogP contribution in [0.5, 0.6) is 5.75 Å². The lowest BCUT2D eigenvalue weighted by Gasteiger charge is -2.16. The van der Waals surface area contributed by atoms with Crippen molar-refractivity contribution in [3.8, 4) is 5.75 Å². The van der Waals surface area contributed by atoms with Crippen molar-refractivity contribution in [1.82, 2.24) is 0 Å². The van der Waals surface area contributed by atoms with Crippen LogP contribution in [0.15, 0.2) is 6.07 Å². The van der Waals surface area contributed by atoms with Crippen molar-refractivity contribution in [3.05, 3.63) is 28.3 Å². The van der Waals surface area contributed by atoms with Crippen LogP contribution in [-0.2, 0) is 4.79 Å². The van der Waals surface area contributed by atoms with Crippen LogP contribution >= 0.6 is 0 Å². The largest absolute Gasteiger partial charge is 0.507 e. The molecule has 4 heteroatoms. The third-order valence-electron chi connectivity index (χ3n) is 2.57. The molecule has 15 heavy (non-hydrogen) atoms. The third kappa shape index (κ3) is 1.94. The third-order valence-corrected chi connectivity index (χ3v) is 2.57. The Kier molecular flexibility index (Phi) is 3.00. The summed E-state index contributed by atoms with van der Waals surface area (Å²) >= 11 is 0. The molecule has 4 nitrogen and oxygen atoms in total. The van der Waals surface area contributed by atoms with Crippen molar-refractivity contribution in [2.75, 3.05) is 0 Å². The van der Waals surface area contributed by atoms with Crippen LogP contribution in [0.4, 0.5) is 0 Å². The van der Waals surface area contributed by atoms with Gasteiger partial charge < -0.3 is 15.9 Å². The summed E-state index contributed by atoms with van der Waals surface area (Å²) in [5.41, 5.74) is 8.10. The number of benzene rings is 1. The van der Waals surface area contributed by atoms with Crippen LogP contribution < -0.4 is 5.73 Å². The normalized spacial score (nSPS) is 12.5. The Morgan fingerprint density at radius 2 is 1.87 bits per heavy atom. The molecule has 1 rings (SSSR count). The first-order valence-electron chi connectivity index (χ1n) is 4.64. The average Bonchev–Trinajstić information content (AvgIpc) is 2.14. The first-order chi connectivity index (χ1) is 6.86. The van der Waals surface area contributed by atoms with E-state index in [1.54, 1.807) is 26.8 Å². The second-order valence-corrected chi connectivity index (χ2v) is 3.71. The Balaban J connectivity index is 3.42. The highest BCUT2D eigenvalue weighted by atomic mass is 16.4. The molecule has 0 aliphatic rings. The molecule has 0 saturated carbocycles. The maximum atomic E-state index is 10.8. The zero-order chi connectivity index (χ0) is 11.7. The van der Waals surface area contributed by atoms with Gasteiger partial charge in [-0.15, -0.1) is 0 Å².